The van der Waals surface area contributed by atoms with Crippen molar-refractivity contribution in [3.05, 3.63) is 29.8 Å². The van der Waals surface area contributed by atoms with E-state index in [1.807, 2.05) is 24.3 Å². The normalized spacial score (nSPS) is 11.0. The number of hydrogen-bond donors (Lipinski definition) is 1. The zero-order valence-corrected chi connectivity index (χ0v) is 15.9. The molecule has 0 aromatic heterocycles. The number of carbonyl (C=O) groups is 1. The molecule has 0 aliphatic heterocycles. The van der Waals surface area contributed by atoms with Crippen molar-refractivity contribution >= 4 is 12.1 Å². The van der Waals surface area contributed by atoms with E-state index in [-0.39, 0.29) is 5.91 Å². The lowest BCUT2D eigenvalue weighted by Crippen LogP contribution is -2.16. The number of nitrogens with zero attached hydrogens (tertiary/aromatic N) is 1. The minimum absolute atomic E-state index is 0.00988. The maximum absolute atomic E-state index is 11.7. The maximum Gasteiger partial charge on any atom is 0.240 e. The number of rotatable bonds is 14. The molecule has 1 aromatic rings. The Morgan fingerprint density at radius 3 is 2.28 bits per heavy atom. The predicted molar refractivity (Wildman–Crippen MR) is 105 cm³/mol. The van der Waals surface area contributed by atoms with E-state index in [4.69, 9.17) is 4.74 Å². The van der Waals surface area contributed by atoms with Gasteiger partial charge in [0.25, 0.3) is 0 Å². The number of amides is 1. The highest BCUT2D eigenvalue weighted by Crippen LogP contribution is 2.11. The Hall–Kier alpha value is -1.84. The fraction of sp³-hybridized carbons (Fsp3) is 0.619. The van der Waals surface area contributed by atoms with Crippen molar-refractivity contribution in [1.82, 2.24) is 5.43 Å². The second-order valence-corrected chi connectivity index (χ2v) is 6.44. The molecule has 140 valence electrons. The SMILES string of the molecule is CCCCCCCCCC(=O)NN=Cc1ccc(OCCCC)cc1. The van der Waals surface area contributed by atoms with E-state index in [0.29, 0.717) is 6.42 Å². The summed E-state index contributed by atoms with van der Waals surface area (Å²) in [7, 11) is 0. The van der Waals surface area contributed by atoms with E-state index in [9.17, 15) is 4.79 Å². The molecule has 1 amide bonds. The van der Waals surface area contributed by atoms with Gasteiger partial charge in [0, 0.05) is 6.42 Å². The summed E-state index contributed by atoms with van der Waals surface area (Å²) in [5, 5.41) is 4.02. The number of hydrazone groups is 1. The molecule has 0 aliphatic rings. The smallest absolute Gasteiger partial charge is 0.240 e. The number of unbranched alkanes of at least 4 members (excludes halogenated alkanes) is 7. The molecule has 0 spiro atoms. The molecule has 0 atom stereocenters. The molecule has 1 N–H and O–H groups in total. The molecule has 0 fully saturated rings. The van der Waals surface area contributed by atoms with Crippen LogP contribution >= 0.6 is 0 Å². The van der Waals surface area contributed by atoms with Crippen molar-refractivity contribution in [1.29, 1.82) is 0 Å². The van der Waals surface area contributed by atoms with Gasteiger partial charge in [-0.2, -0.15) is 5.10 Å². The van der Waals surface area contributed by atoms with Gasteiger partial charge in [-0.25, -0.2) is 5.43 Å². The highest BCUT2D eigenvalue weighted by molar-refractivity contribution is 5.82. The Balaban J connectivity index is 2.14. The molecule has 0 saturated heterocycles. The molecule has 0 radical (unpaired) electrons. The minimum atomic E-state index is -0.00988. The summed E-state index contributed by atoms with van der Waals surface area (Å²) in [6.45, 7) is 5.12. The first-order valence-electron chi connectivity index (χ1n) is 9.81. The fourth-order valence-electron chi connectivity index (χ4n) is 2.46. The first kappa shape index (κ1) is 21.2. The second kappa shape index (κ2) is 14.5. The lowest BCUT2D eigenvalue weighted by atomic mass is 10.1. The molecule has 4 nitrogen and oxygen atoms in total. The van der Waals surface area contributed by atoms with E-state index in [1.165, 1.54) is 32.1 Å². The highest BCUT2D eigenvalue weighted by atomic mass is 16.5. The molecule has 1 rings (SSSR count). The lowest BCUT2D eigenvalue weighted by Gasteiger charge is -2.05. The summed E-state index contributed by atoms with van der Waals surface area (Å²) in [6, 6.07) is 7.73. The van der Waals surface area contributed by atoms with Crippen LogP contribution < -0.4 is 10.2 Å². The lowest BCUT2D eigenvalue weighted by molar-refractivity contribution is -0.121. The summed E-state index contributed by atoms with van der Waals surface area (Å²) in [5.41, 5.74) is 3.54. The molecule has 0 bridgehead atoms. The Morgan fingerprint density at radius 2 is 1.60 bits per heavy atom. The van der Waals surface area contributed by atoms with Crippen LogP contribution in [0.1, 0.15) is 83.6 Å². The predicted octanol–water partition coefficient (Wildman–Crippen LogP) is 5.46. The Kier molecular flexibility index (Phi) is 12.3. The fourth-order valence-corrected chi connectivity index (χ4v) is 2.46. The number of hydrogen-bond acceptors (Lipinski definition) is 3. The Bertz CT molecular complexity index is 483. The Morgan fingerprint density at radius 1 is 0.960 bits per heavy atom. The van der Waals surface area contributed by atoms with Gasteiger partial charge in [-0.1, -0.05) is 58.8 Å². The maximum atomic E-state index is 11.7. The van der Waals surface area contributed by atoms with Gasteiger partial charge in [0.05, 0.1) is 12.8 Å². The molecule has 1 aromatic carbocycles. The first-order valence-corrected chi connectivity index (χ1v) is 9.81. The van der Waals surface area contributed by atoms with Crippen LogP contribution in [-0.4, -0.2) is 18.7 Å². The minimum Gasteiger partial charge on any atom is -0.494 e. The highest BCUT2D eigenvalue weighted by Gasteiger charge is 1.99. The van der Waals surface area contributed by atoms with Crippen LogP contribution in [0.5, 0.6) is 5.75 Å². The van der Waals surface area contributed by atoms with Gasteiger partial charge < -0.3 is 4.74 Å². The monoisotopic (exact) mass is 346 g/mol. The van der Waals surface area contributed by atoms with Crippen molar-refractivity contribution in [2.75, 3.05) is 6.61 Å². The van der Waals surface area contributed by atoms with Crippen molar-refractivity contribution in [3.8, 4) is 5.75 Å². The van der Waals surface area contributed by atoms with E-state index in [0.717, 1.165) is 43.6 Å². The van der Waals surface area contributed by atoms with Crippen molar-refractivity contribution in [2.24, 2.45) is 5.10 Å². The third-order valence-electron chi connectivity index (χ3n) is 4.06. The van der Waals surface area contributed by atoms with Gasteiger partial charge in [-0.15, -0.1) is 0 Å². The van der Waals surface area contributed by atoms with E-state index < -0.39 is 0 Å². The van der Waals surface area contributed by atoms with Gasteiger partial charge >= 0.3 is 0 Å². The van der Waals surface area contributed by atoms with E-state index >= 15 is 0 Å². The molecule has 0 aliphatic carbocycles. The summed E-state index contributed by atoms with van der Waals surface area (Å²) >= 11 is 0. The van der Waals surface area contributed by atoms with E-state index in [2.05, 4.69) is 24.4 Å². The van der Waals surface area contributed by atoms with Crippen LogP contribution in [0.15, 0.2) is 29.4 Å². The largest absolute Gasteiger partial charge is 0.494 e. The summed E-state index contributed by atoms with van der Waals surface area (Å²) in [4.78, 5) is 11.7. The second-order valence-electron chi connectivity index (χ2n) is 6.44. The molecular formula is C21H34N2O2. The molecule has 0 unspecified atom stereocenters. The van der Waals surface area contributed by atoms with Crippen molar-refractivity contribution < 1.29 is 9.53 Å². The van der Waals surface area contributed by atoms with Gasteiger partial charge in [-0.3, -0.25) is 4.79 Å². The van der Waals surface area contributed by atoms with Crippen LogP contribution in [0.4, 0.5) is 0 Å². The third-order valence-corrected chi connectivity index (χ3v) is 4.06. The third kappa shape index (κ3) is 11.4. The topological polar surface area (TPSA) is 50.7 Å². The van der Waals surface area contributed by atoms with Gasteiger partial charge in [-0.05, 0) is 42.7 Å². The zero-order valence-electron chi connectivity index (χ0n) is 15.9. The standard InChI is InChI=1S/C21H34N2O2/c1-3-5-7-8-9-10-11-12-21(24)23-22-18-19-13-15-20(16-14-19)25-17-6-4-2/h13-16,18H,3-12,17H2,1-2H3,(H,23,24). The summed E-state index contributed by atoms with van der Waals surface area (Å²) < 4.78 is 5.62. The Labute approximate surface area is 153 Å². The molecule has 0 heterocycles. The van der Waals surface area contributed by atoms with Crippen LogP contribution in [0.25, 0.3) is 0 Å². The van der Waals surface area contributed by atoms with Crippen LogP contribution in [0.2, 0.25) is 0 Å². The zero-order chi connectivity index (χ0) is 18.2. The van der Waals surface area contributed by atoms with Crippen molar-refractivity contribution in [3.63, 3.8) is 0 Å². The molecule has 0 saturated carbocycles. The van der Waals surface area contributed by atoms with Crippen LogP contribution in [0, 0.1) is 0 Å². The van der Waals surface area contributed by atoms with Crippen molar-refractivity contribution in [2.45, 2.75) is 78.1 Å². The van der Waals surface area contributed by atoms with Crippen LogP contribution in [-0.2, 0) is 4.79 Å². The average Bonchev–Trinajstić information content (AvgIpc) is 2.62. The molecule has 25 heavy (non-hydrogen) atoms. The number of ether oxygens (including phenoxy) is 1. The number of carbonyl (C=O) groups excluding carboxylic acids is 1. The molecular weight excluding hydrogens is 312 g/mol. The number of nitrogens with one attached hydrogen (secondary N) is 1. The average molecular weight is 347 g/mol. The van der Waals surface area contributed by atoms with Crippen LogP contribution in [0.3, 0.4) is 0 Å². The van der Waals surface area contributed by atoms with E-state index in [1.54, 1.807) is 6.21 Å². The summed E-state index contributed by atoms with van der Waals surface area (Å²) in [5.74, 6) is 0.859. The van der Waals surface area contributed by atoms with Gasteiger partial charge in [0.1, 0.15) is 5.75 Å². The van der Waals surface area contributed by atoms with Gasteiger partial charge in [0.15, 0.2) is 0 Å². The first-order chi connectivity index (χ1) is 12.3. The number of benzene rings is 1. The van der Waals surface area contributed by atoms with Gasteiger partial charge in [0.2, 0.25) is 5.91 Å². The summed E-state index contributed by atoms with van der Waals surface area (Å²) in [6.07, 6.45) is 12.9. The molecule has 4 heteroatoms. The quantitative estimate of drug-likeness (QED) is 0.276.